The number of carbonyl (C=O) groups is 1. The highest BCUT2D eigenvalue weighted by molar-refractivity contribution is 7.17. The Morgan fingerprint density at radius 3 is 3.09 bits per heavy atom. The number of nitrogens with one attached hydrogen (secondary N) is 2. The molecule has 23 heavy (non-hydrogen) atoms. The maximum atomic E-state index is 12.2. The van der Waals surface area contributed by atoms with Crippen molar-refractivity contribution in [3.8, 4) is 5.75 Å². The zero-order valence-electron chi connectivity index (χ0n) is 12.2. The number of hydrogen-bond donors (Lipinski definition) is 2. The third-order valence-corrected chi connectivity index (χ3v) is 4.43. The summed E-state index contributed by atoms with van der Waals surface area (Å²) in [5, 5.41) is 7.13. The van der Waals surface area contributed by atoms with Gasteiger partial charge in [-0.05, 0) is 24.3 Å². The van der Waals surface area contributed by atoms with Gasteiger partial charge in [-0.25, -0.2) is 4.98 Å². The van der Waals surface area contributed by atoms with Crippen LogP contribution in [0.15, 0.2) is 47.0 Å². The van der Waals surface area contributed by atoms with Gasteiger partial charge in [0, 0.05) is 6.07 Å². The number of rotatable bonds is 3. The van der Waals surface area contributed by atoms with Gasteiger partial charge < -0.3 is 10.1 Å². The number of hydrazone groups is 1. The van der Waals surface area contributed by atoms with E-state index in [4.69, 9.17) is 4.74 Å². The van der Waals surface area contributed by atoms with Crippen LogP contribution in [0.1, 0.15) is 5.56 Å². The Morgan fingerprint density at radius 1 is 1.30 bits per heavy atom. The predicted molar refractivity (Wildman–Crippen MR) is 91.4 cm³/mol. The molecule has 114 valence electrons. The highest BCUT2D eigenvalue weighted by Crippen LogP contribution is 2.33. The molecule has 1 aliphatic heterocycles. The summed E-state index contributed by atoms with van der Waals surface area (Å²) >= 11 is 1.49. The summed E-state index contributed by atoms with van der Waals surface area (Å²) in [4.78, 5) is 16.5. The van der Waals surface area contributed by atoms with E-state index in [0.29, 0.717) is 5.71 Å². The van der Waals surface area contributed by atoms with Crippen LogP contribution in [0.5, 0.6) is 5.75 Å². The molecular weight excluding hydrogens is 312 g/mol. The van der Waals surface area contributed by atoms with Crippen molar-refractivity contribution in [2.45, 2.75) is 0 Å². The van der Waals surface area contributed by atoms with Crippen molar-refractivity contribution >= 4 is 44.5 Å². The van der Waals surface area contributed by atoms with Gasteiger partial charge in [0.25, 0.3) is 5.91 Å². The summed E-state index contributed by atoms with van der Waals surface area (Å²) in [6, 6.07) is 11.1. The molecule has 0 fully saturated rings. The minimum absolute atomic E-state index is 0.226. The number of fused-ring (bicyclic) bond motifs is 3. The lowest BCUT2D eigenvalue weighted by Gasteiger charge is -2.04. The fraction of sp³-hybridized carbons (Fsp3) is 0.0625. The van der Waals surface area contributed by atoms with Gasteiger partial charge in [-0.1, -0.05) is 6.07 Å². The second-order valence-corrected chi connectivity index (χ2v) is 5.80. The number of hydrogen-bond acceptors (Lipinski definition) is 6. The average molecular weight is 324 g/mol. The predicted octanol–water partition coefficient (Wildman–Crippen LogP) is 3.07. The number of aromatic nitrogens is 1. The summed E-state index contributed by atoms with van der Waals surface area (Å²) in [6.07, 6.45) is 0. The molecule has 0 spiro atoms. The molecule has 0 bridgehead atoms. The van der Waals surface area contributed by atoms with Gasteiger partial charge in [0.1, 0.15) is 5.75 Å². The van der Waals surface area contributed by atoms with E-state index in [-0.39, 0.29) is 5.91 Å². The normalized spacial score (nSPS) is 14.8. The van der Waals surface area contributed by atoms with E-state index in [1.807, 2.05) is 36.4 Å². The highest BCUT2D eigenvalue weighted by Gasteiger charge is 2.29. The Labute approximate surface area is 135 Å². The average Bonchev–Trinajstić information content (AvgIpc) is 3.16. The van der Waals surface area contributed by atoms with Gasteiger partial charge >= 0.3 is 0 Å². The van der Waals surface area contributed by atoms with Crippen LogP contribution in [-0.4, -0.2) is 23.7 Å². The lowest BCUT2D eigenvalue weighted by Crippen LogP contribution is -2.15. The first-order valence-corrected chi connectivity index (χ1v) is 7.80. The SMILES string of the molecule is COc1cccc(N/N=C2\C(=O)Nc3ccc4ncsc4c32)c1. The van der Waals surface area contributed by atoms with Crippen LogP contribution >= 0.6 is 11.3 Å². The van der Waals surface area contributed by atoms with E-state index in [1.54, 1.807) is 12.6 Å². The molecule has 0 atom stereocenters. The summed E-state index contributed by atoms with van der Waals surface area (Å²) in [6.45, 7) is 0. The molecule has 0 unspecified atom stereocenters. The minimum atomic E-state index is -0.226. The van der Waals surface area contributed by atoms with Crippen LogP contribution < -0.4 is 15.5 Å². The van der Waals surface area contributed by atoms with Gasteiger partial charge in [0.05, 0.1) is 39.8 Å². The summed E-state index contributed by atoms with van der Waals surface area (Å²) in [5.74, 6) is 0.493. The molecule has 0 radical (unpaired) electrons. The first-order chi connectivity index (χ1) is 11.3. The fourth-order valence-corrected chi connectivity index (χ4v) is 3.32. The Morgan fingerprint density at radius 2 is 2.22 bits per heavy atom. The van der Waals surface area contributed by atoms with Crippen molar-refractivity contribution in [3.05, 3.63) is 47.5 Å². The second kappa shape index (κ2) is 5.36. The van der Waals surface area contributed by atoms with Crippen molar-refractivity contribution in [1.29, 1.82) is 0 Å². The van der Waals surface area contributed by atoms with Crippen molar-refractivity contribution in [2.24, 2.45) is 5.10 Å². The lowest BCUT2D eigenvalue weighted by atomic mass is 10.1. The van der Waals surface area contributed by atoms with Gasteiger partial charge in [0.15, 0.2) is 5.71 Å². The molecule has 3 aromatic rings. The number of anilines is 2. The van der Waals surface area contributed by atoms with Crippen LogP contribution in [-0.2, 0) is 4.79 Å². The number of thiazole rings is 1. The van der Waals surface area contributed by atoms with Crippen molar-refractivity contribution < 1.29 is 9.53 Å². The number of ether oxygens (including phenoxy) is 1. The zero-order chi connectivity index (χ0) is 15.8. The summed E-state index contributed by atoms with van der Waals surface area (Å²) in [7, 11) is 1.60. The topological polar surface area (TPSA) is 75.6 Å². The molecule has 2 N–H and O–H groups in total. The largest absolute Gasteiger partial charge is 0.497 e. The van der Waals surface area contributed by atoms with Crippen LogP contribution in [0.3, 0.4) is 0 Å². The number of methoxy groups -OCH3 is 1. The number of amides is 1. The van der Waals surface area contributed by atoms with Gasteiger partial charge in [0.2, 0.25) is 0 Å². The Bertz CT molecular complexity index is 948. The van der Waals surface area contributed by atoms with Crippen molar-refractivity contribution in [2.75, 3.05) is 17.9 Å². The molecule has 0 aliphatic carbocycles. The smallest absolute Gasteiger partial charge is 0.276 e. The maximum absolute atomic E-state index is 12.2. The Balaban J connectivity index is 1.75. The van der Waals surface area contributed by atoms with E-state index < -0.39 is 0 Å². The van der Waals surface area contributed by atoms with E-state index in [9.17, 15) is 4.79 Å². The molecule has 4 rings (SSSR count). The van der Waals surface area contributed by atoms with Crippen LogP contribution in [0.4, 0.5) is 11.4 Å². The Hall–Kier alpha value is -2.93. The molecule has 1 aliphatic rings. The van der Waals surface area contributed by atoms with E-state index in [2.05, 4.69) is 20.8 Å². The molecule has 6 nitrogen and oxygen atoms in total. The minimum Gasteiger partial charge on any atom is -0.497 e. The van der Waals surface area contributed by atoms with Gasteiger partial charge in [-0.15, -0.1) is 11.3 Å². The first-order valence-electron chi connectivity index (χ1n) is 6.92. The van der Waals surface area contributed by atoms with E-state index in [1.165, 1.54) is 11.3 Å². The molecule has 0 saturated heterocycles. The molecule has 1 aromatic heterocycles. The molecule has 2 aromatic carbocycles. The fourth-order valence-electron chi connectivity index (χ4n) is 2.48. The highest BCUT2D eigenvalue weighted by atomic mass is 32.1. The molecule has 2 heterocycles. The summed E-state index contributed by atoms with van der Waals surface area (Å²) < 4.78 is 6.13. The van der Waals surface area contributed by atoms with E-state index >= 15 is 0 Å². The lowest BCUT2D eigenvalue weighted by molar-refractivity contribution is -0.110. The van der Waals surface area contributed by atoms with E-state index in [0.717, 1.165) is 32.9 Å². The molecule has 1 amide bonds. The quantitative estimate of drug-likeness (QED) is 0.726. The molecule has 0 saturated carbocycles. The van der Waals surface area contributed by atoms with Crippen LogP contribution in [0.2, 0.25) is 0 Å². The monoisotopic (exact) mass is 324 g/mol. The Kier molecular flexibility index (Phi) is 3.20. The van der Waals surface area contributed by atoms with Crippen LogP contribution in [0, 0.1) is 0 Å². The zero-order valence-corrected chi connectivity index (χ0v) is 13.0. The number of nitrogens with zero attached hydrogens (tertiary/aromatic N) is 2. The third kappa shape index (κ3) is 2.31. The number of carbonyl (C=O) groups excluding carboxylic acids is 1. The first kappa shape index (κ1) is 13.7. The summed E-state index contributed by atoms with van der Waals surface area (Å²) in [5.41, 5.74) is 8.21. The van der Waals surface area contributed by atoms with Crippen molar-refractivity contribution in [3.63, 3.8) is 0 Å². The maximum Gasteiger partial charge on any atom is 0.276 e. The molecule has 7 heteroatoms. The van der Waals surface area contributed by atoms with Crippen LogP contribution in [0.25, 0.3) is 10.2 Å². The second-order valence-electron chi connectivity index (χ2n) is 4.95. The van der Waals surface area contributed by atoms with Crippen molar-refractivity contribution in [1.82, 2.24) is 4.98 Å². The standard InChI is InChI=1S/C16H12N4O2S/c1-22-10-4-2-3-9(7-10)19-20-14-13-11(18-16(14)21)5-6-12-15(13)23-8-17-12/h2-8,19H,1H3,(H,18,20,21). The van der Waals surface area contributed by atoms with Gasteiger partial charge in [-0.2, -0.15) is 5.10 Å². The number of benzene rings is 2. The third-order valence-electron chi connectivity index (χ3n) is 3.57. The molecular formula is C16H12N4O2S. The van der Waals surface area contributed by atoms with Gasteiger partial charge in [-0.3, -0.25) is 10.2 Å².